The number of hydrogen-bond donors (Lipinski definition) is 3. The Bertz CT molecular complexity index is 366. The molecule has 18 heavy (non-hydrogen) atoms. The second-order valence-corrected chi connectivity index (χ2v) is 4.63. The molecule has 0 spiro atoms. The largest absolute Gasteiger partial charge is 0.383 e. The number of rotatable bonds is 8. The minimum absolute atomic E-state index is 0.370. The predicted molar refractivity (Wildman–Crippen MR) is 76.1 cm³/mol. The molecule has 0 aliphatic rings. The summed E-state index contributed by atoms with van der Waals surface area (Å²) in [5.41, 5.74) is 12.2. The summed E-state index contributed by atoms with van der Waals surface area (Å²) in [6.07, 6.45) is 3.05. The molecule has 1 rings (SSSR count). The standard InChI is InChI=1S/C11H21N5OS/c1-17-7-6-14-10(13)16-11-15-9(8-18-11)4-2-3-5-12/h8H,2-7,12H2,1H3,(H3,13,14,15,16). The number of ether oxygens (including phenoxy) is 1. The smallest absolute Gasteiger partial charge is 0.195 e. The van der Waals surface area contributed by atoms with Gasteiger partial charge in [0.25, 0.3) is 0 Å². The van der Waals surface area contributed by atoms with Crippen molar-refractivity contribution >= 4 is 22.4 Å². The number of nitrogens with one attached hydrogen (secondary N) is 1. The maximum atomic E-state index is 5.71. The van der Waals surface area contributed by atoms with E-state index in [4.69, 9.17) is 16.2 Å². The fourth-order valence-corrected chi connectivity index (χ4v) is 2.09. The Balaban J connectivity index is 2.36. The Hall–Kier alpha value is -1.18. The summed E-state index contributed by atoms with van der Waals surface area (Å²) in [5, 5.41) is 5.77. The molecule has 0 amide bonds. The molecule has 0 radical (unpaired) electrons. The summed E-state index contributed by atoms with van der Waals surface area (Å²) in [6, 6.07) is 0. The van der Waals surface area contributed by atoms with E-state index in [1.807, 2.05) is 5.38 Å². The Kier molecular flexibility index (Phi) is 7.31. The molecule has 0 saturated heterocycles. The molecule has 0 saturated carbocycles. The summed E-state index contributed by atoms with van der Waals surface area (Å²) in [4.78, 5) is 8.53. The predicted octanol–water partition coefficient (Wildman–Crippen LogP) is 0.797. The molecule has 1 aromatic rings. The van der Waals surface area contributed by atoms with Crippen LogP contribution in [-0.4, -0.2) is 37.7 Å². The second kappa shape index (κ2) is 8.84. The highest BCUT2D eigenvalue weighted by Crippen LogP contribution is 2.16. The topological polar surface area (TPSA) is 98.5 Å². The van der Waals surface area contributed by atoms with Gasteiger partial charge in [-0.15, -0.1) is 11.3 Å². The van der Waals surface area contributed by atoms with Crippen LogP contribution < -0.4 is 16.8 Å². The molecule has 102 valence electrons. The van der Waals surface area contributed by atoms with Crippen molar-refractivity contribution in [3.05, 3.63) is 11.1 Å². The average Bonchev–Trinajstić information content (AvgIpc) is 2.77. The molecule has 0 bridgehead atoms. The zero-order valence-corrected chi connectivity index (χ0v) is 11.5. The average molecular weight is 271 g/mol. The number of aliphatic imine (C=N–C) groups is 1. The lowest BCUT2D eigenvalue weighted by molar-refractivity contribution is 0.208. The molecule has 0 aliphatic heterocycles. The molecule has 7 heteroatoms. The molecule has 1 aromatic heterocycles. The molecule has 0 fully saturated rings. The number of nitrogens with two attached hydrogens (primary N) is 2. The van der Waals surface area contributed by atoms with Gasteiger partial charge in [-0.2, -0.15) is 0 Å². The van der Waals surface area contributed by atoms with Crippen molar-refractivity contribution in [1.82, 2.24) is 4.98 Å². The number of methoxy groups -OCH3 is 1. The van der Waals surface area contributed by atoms with Gasteiger partial charge in [-0.05, 0) is 25.8 Å². The van der Waals surface area contributed by atoms with Crippen molar-refractivity contribution in [3.63, 3.8) is 0 Å². The van der Waals surface area contributed by atoms with Gasteiger partial charge in [-0.25, -0.2) is 4.98 Å². The molecular weight excluding hydrogens is 250 g/mol. The van der Waals surface area contributed by atoms with E-state index in [0.29, 0.717) is 19.1 Å². The lowest BCUT2D eigenvalue weighted by Gasteiger charge is -2.01. The number of aromatic nitrogens is 1. The Morgan fingerprint density at radius 2 is 2.39 bits per heavy atom. The summed E-state index contributed by atoms with van der Waals surface area (Å²) in [7, 11) is 1.63. The number of anilines is 1. The summed E-state index contributed by atoms with van der Waals surface area (Å²) >= 11 is 1.53. The number of hydrogen-bond acceptors (Lipinski definition) is 5. The van der Waals surface area contributed by atoms with Crippen molar-refractivity contribution in [1.29, 1.82) is 0 Å². The third-order valence-corrected chi connectivity index (χ3v) is 3.06. The number of nitrogens with zero attached hydrogens (tertiary/aromatic N) is 2. The van der Waals surface area contributed by atoms with Crippen molar-refractivity contribution in [2.45, 2.75) is 19.3 Å². The van der Waals surface area contributed by atoms with E-state index in [1.165, 1.54) is 11.3 Å². The fourth-order valence-electron chi connectivity index (χ4n) is 1.34. The highest BCUT2D eigenvalue weighted by Gasteiger charge is 2.02. The molecule has 0 aliphatic carbocycles. The maximum Gasteiger partial charge on any atom is 0.195 e. The zero-order valence-electron chi connectivity index (χ0n) is 10.7. The summed E-state index contributed by atoms with van der Waals surface area (Å²) < 4.78 is 4.89. The van der Waals surface area contributed by atoms with Crippen LogP contribution >= 0.6 is 11.3 Å². The van der Waals surface area contributed by atoms with E-state index in [9.17, 15) is 0 Å². The van der Waals surface area contributed by atoms with Crippen LogP contribution in [0, 0.1) is 0 Å². The molecular formula is C11H21N5OS. The zero-order chi connectivity index (χ0) is 13.2. The van der Waals surface area contributed by atoms with Gasteiger partial charge < -0.3 is 21.5 Å². The minimum Gasteiger partial charge on any atom is -0.383 e. The van der Waals surface area contributed by atoms with Crippen molar-refractivity contribution in [2.75, 3.05) is 32.1 Å². The lowest BCUT2D eigenvalue weighted by atomic mass is 10.2. The maximum absolute atomic E-state index is 5.71. The van der Waals surface area contributed by atoms with Crippen molar-refractivity contribution in [3.8, 4) is 0 Å². The third-order valence-electron chi connectivity index (χ3n) is 2.25. The van der Waals surface area contributed by atoms with Gasteiger partial charge in [0.2, 0.25) is 0 Å². The van der Waals surface area contributed by atoms with Gasteiger partial charge in [0, 0.05) is 12.5 Å². The normalized spacial score (nSPS) is 11.8. The van der Waals surface area contributed by atoms with Crippen LogP contribution in [0.3, 0.4) is 0 Å². The SMILES string of the molecule is COCC/N=C(/N)Nc1nc(CCCCN)cs1. The monoisotopic (exact) mass is 271 g/mol. The number of thiazole rings is 1. The van der Waals surface area contributed by atoms with E-state index < -0.39 is 0 Å². The number of aryl methyl sites for hydroxylation is 1. The van der Waals surface area contributed by atoms with Gasteiger partial charge in [0.15, 0.2) is 11.1 Å². The van der Waals surface area contributed by atoms with Crippen LogP contribution in [-0.2, 0) is 11.2 Å². The molecule has 5 N–H and O–H groups in total. The fraction of sp³-hybridized carbons (Fsp3) is 0.636. The van der Waals surface area contributed by atoms with Gasteiger partial charge in [-0.3, -0.25) is 4.99 Å². The molecule has 0 atom stereocenters. The minimum atomic E-state index is 0.370. The second-order valence-electron chi connectivity index (χ2n) is 3.77. The molecule has 1 heterocycles. The van der Waals surface area contributed by atoms with Crippen LogP contribution in [0.4, 0.5) is 5.13 Å². The Morgan fingerprint density at radius 1 is 1.56 bits per heavy atom. The molecule has 6 nitrogen and oxygen atoms in total. The van der Waals surface area contributed by atoms with E-state index in [-0.39, 0.29) is 0 Å². The Morgan fingerprint density at radius 3 is 3.11 bits per heavy atom. The third kappa shape index (κ3) is 5.95. The highest BCUT2D eigenvalue weighted by atomic mass is 32.1. The van der Waals surface area contributed by atoms with E-state index >= 15 is 0 Å². The van der Waals surface area contributed by atoms with Gasteiger partial charge in [0.05, 0.1) is 18.8 Å². The Labute approximate surface area is 111 Å². The van der Waals surface area contributed by atoms with Crippen molar-refractivity contribution in [2.24, 2.45) is 16.5 Å². The van der Waals surface area contributed by atoms with Gasteiger partial charge in [-0.1, -0.05) is 0 Å². The first-order chi connectivity index (χ1) is 8.76. The van der Waals surface area contributed by atoms with Crippen LogP contribution in [0.2, 0.25) is 0 Å². The van der Waals surface area contributed by atoms with Gasteiger partial charge >= 0.3 is 0 Å². The molecule has 0 unspecified atom stereocenters. The van der Waals surface area contributed by atoms with Gasteiger partial charge in [0.1, 0.15) is 0 Å². The van der Waals surface area contributed by atoms with Crippen LogP contribution in [0.5, 0.6) is 0 Å². The first kappa shape index (κ1) is 14.9. The summed E-state index contributed by atoms with van der Waals surface area (Å²) in [5.74, 6) is 0.370. The number of unbranched alkanes of at least 4 members (excludes halogenated alkanes) is 1. The van der Waals surface area contributed by atoms with E-state index in [0.717, 1.165) is 36.6 Å². The van der Waals surface area contributed by atoms with Crippen LogP contribution in [0.15, 0.2) is 10.4 Å². The summed E-state index contributed by atoms with van der Waals surface area (Å²) in [6.45, 7) is 1.84. The van der Waals surface area contributed by atoms with E-state index in [1.54, 1.807) is 7.11 Å². The van der Waals surface area contributed by atoms with Crippen LogP contribution in [0.1, 0.15) is 18.5 Å². The molecule has 0 aromatic carbocycles. The first-order valence-corrected chi connectivity index (χ1v) is 6.84. The first-order valence-electron chi connectivity index (χ1n) is 5.96. The van der Waals surface area contributed by atoms with Crippen molar-refractivity contribution < 1.29 is 4.74 Å². The quantitative estimate of drug-likeness (QED) is 0.369. The number of guanidine groups is 1. The lowest BCUT2D eigenvalue weighted by Crippen LogP contribution is -2.23. The van der Waals surface area contributed by atoms with E-state index in [2.05, 4.69) is 15.3 Å². The highest BCUT2D eigenvalue weighted by molar-refractivity contribution is 7.13. The van der Waals surface area contributed by atoms with Crippen LogP contribution in [0.25, 0.3) is 0 Å².